The summed E-state index contributed by atoms with van der Waals surface area (Å²) in [5.74, 6) is 3.46. The molecule has 1 unspecified atom stereocenters. The van der Waals surface area contributed by atoms with Gasteiger partial charge in [-0.05, 0) is 24.6 Å². The molecule has 3 heterocycles. The minimum absolute atomic E-state index is 0.629. The van der Waals surface area contributed by atoms with Crippen molar-refractivity contribution >= 4 is 5.84 Å². The fraction of sp³-hybridized carbons (Fsp3) is 0.0645. The predicted octanol–water partition coefficient (Wildman–Crippen LogP) is 5.32. The molecule has 4 N–H and O–H groups in total. The van der Waals surface area contributed by atoms with Gasteiger partial charge in [-0.1, -0.05) is 97.1 Å². The number of hydrogen-bond donors (Lipinski definition) is 4. The van der Waals surface area contributed by atoms with Crippen molar-refractivity contribution < 1.29 is 0 Å². The van der Waals surface area contributed by atoms with E-state index in [-0.39, 0.29) is 0 Å². The molecule has 0 fully saturated rings. The highest BCUT2D eigenvalue weighted by Crippen LogP contribution is 2.30. The Morgan fingerprint density at radius 1 is 0.550 bits per heavy atom. The van der Waals surface area contributed by atoms with Crippen LogP contribution in [0.3, 0.4) is 0 Å². The number of benzene rings is 4. The van der Waals surface area contributed by atoms with Crippen LogP contribution in [0.1, 0.15) is 18.1 Å². The first-order valence-corrected chi connectivity index (χ1v) is 13.0. The number of hydrogen-bond acceptors (Lipinski definition) is 7. The Morgan fingerprint density at radius 3 is 1.70 bits per heavy atom. The van der Waals surface area contributed by atoms with E-state index in [1.807, 2.05) is 110 Å². The molecule has 0 saturated carbocycles. The van der Waals surface area contributed by atoms with E-state index in [9.17, 15) is 0 Å². The number of nitrogens with one attached hydrogen (secondary N) is 4. The molecule has 6 aromatic rings. The average Bonchev–Trinajstić information content (AvgIpc) is 3.79. The van der Waals surface area contributed by atoms with E-state index in [0.717, 1.165) is 50.9 Å². The molecular weight excluding hydrogens is 498 g/mol. The lowest BCUT2D eigenvalue weighted by Gasteiger charge is -2.21. The molecule has 9 nitrogen and oxygen atoms in total. The molecule has 9 heteroatoms. The Kier molecular flexibility index (Phi) is 5.76. The molecule has 1 aliphatic rings. The van der Waals surface area contributed by atoms with E-state index in [1.54, 1.807) is 0 Å². The zero-order valence-electron chi connectivity index (χ0n) is 21.6. The van der Waals surface area contributed by atoms with Gasteiger partial charge in [0.05, 0.1) is 0 Å². The number of H-pyrrole nitrogens is 2. The molecule has 4 aromatic carbocycles. The maximum Gasteiger partial charge on any atom is 0.181 e. The third-order valence-electron chi connectivity index (χ3n) is 6.90. The van der Waals surface area contributed by atoms with Crippen LogP contribution in [0.5, 0.6) is 0 Å². The van der Waals surface area contributed by atoms with Crippen LogP contribution in [0.25, 0.3) is 45.6 Å². The Hall–Kier alpha value is -5.41. The molecular formula is C31H25N9. The zero-order chi connectivity index (χ0) is 26.9. The molecule has 0 amide bonds. The Bertz CT molecular complexity index is 1820. The molecule has 7 rings (SSSR count). The van der Waals surface area contributed by atoms with Gasteiger partial charge in [-0.25, -0.2) is 20.4 Å². The second kappa shape index (κ2) is 9.72. The lowest BCUT2D eigenvalue weighted by Crippen LogP contribution is -2.41. The molecule has 40 heavy (non-hydrogen) atoms. The van der Waals surface area contributed by atoms with E-state index in [2.05, 4.69) is 37.3 Å². The van der Waals surface area contributed by atoms with Crippen molar-refractivity contribution in [3.63, 3.8) is 0 Å². The summed E-state index contributed by atoms with van der Waals surface area (Å²) >= 11 is 0. The summed E-state index contributed by atoms with van der Waals surface area (Å²) in [5, 5.41) is 15.0. The van der Waals surface area contributed by atoms with Gasteiger partial charge in [-0.2, -0.15) is 10.2 Å². The van der Waals surface area contributed by atoms with E-state index in [4.69, 9.17) is 15.0 Å². The molecule has 0 radical (unpaired) electrons. The monoisotopic (exact) mass is 523 g/mol. The average molecular weight is 524 g/mol. The topological polar surface area (TPSA) is 120 Å². The SMILES string of the molecule is CC1(c2cccc(-c3n[nH]c(-c4ccccc4)n3)c2)N=C(c2cccc(-c3n[nH]c(-c4ccccc4)n3)c2)NN1. The van der Waals surface area contributed by atoms with Crippen molar-refractivity contribution in [2.24, 2.45) is 4.99 Å². The van der Waals surface area contributed by atoms with Gasteiger partial charge in [0, 0.05) is 27.8 Å². The van der Waals surface area contributed by atoms with Gasteiger partial charge >= 0.3 is 0 Å². The van der Waals surface area contributed by atoms with Gasteiger partial charge in [0.1, 0.15) is 5.84 Å². The first kappa shape index (κ1) is 23.7. The maximum absolute atomic E-state index is 5.03. The van der Waals surface area contributed by atoms with Crippen molar-refractivity contribution in [1.29, 1.82) is 0 Å². The summed E-state index contributed by atoms with van der Waals surface area (Å²) < 4.78 is 0. The summed E-state index contributed by atoms with van der Waals surface area (Å²) in [6.07, 6.45) is 0. The molecule has 194 valence electrons. The lowest BCUT2D eigenvalue weighted by atomic mass is 10.00. The van der Waals surface area contributed by atoms with Crippen LogP contribution in [0.4, 0.5) is 0 Å². The predicted molar refractivity (Wildman–Crippen MR) is 155 cm³/mol. The number of nitrogens with zero attached hydrogens (tertiary/aromatic N) is 5. The number of aromatic nitrogens is 6. The first-order chi connectivity index (χ1) is 19.6. The number of amidine groups is 1. The summed E-state index contributed by atoms with van der Waals surface area (Å²) in [6, 6.07) is 36.0. The van der Waals surface area contributed by atoms with Crippen LogP contribution < -0.4 is 10.9 Å². The Labute approximate surface area is 230 Å². The Morgan fingerprint density at radius 2 is 1.07 bits per heavy atom. The fourth-order valence-electron chi connectivity index (χ4n) is 4.73. The summed E-state index contributed by atoms with van der Waals surface area (Å²) in [7, 11) is 0. The zero-order valence-corrected chi connectivity index (χ0v) is 21.6. The molecule has 0 spiro atoms. The van der Waals surface area contributed by atoms with Crippen LogP contribution in [0, 0.1) is 0 Å². The van der Waals surface area contributed by atoms with Gasteiger partial charge in [0.2, 0.25) is 0 Å². The van der Waals surface area contributed by atoms with E-state index in [0.29, 0.717) is 11.6 Å². The lowest BCUT2D eigenvalue weighted by molar-refractivity contribution is 0.399. The van der Waals surface area contributed by atoms with Crippen molar-refractivity contribution in [2.75, 3.05) is 0 Å². The van der Waals surface area contributed by atoms with Gasteiger partial charge in [0.15, 0.2) is 29.0 Å². The van der Waals surface area contributed by atoms with Gasteiger partial charge < -0.3 is 5.43 Å². The largest absolute Gasteiger partial charge is 0.303 e. The minimum Gasteiger partial charge on any atom is -0.303 e. The third-order valence-corrected chi connectivity index (χ3v) is 6.90. The first-order valence-electron chi connectivity index (χ1n) is 13.0. The second-order valence-corrected chi connectivity index (χ2v) is 9.69. The van der Waals surface area contributed by atoms with Crippen molar-refractivity contribution in [3.8, 4) is 45.6 Å². The molecule has 0 bridgehead atoms. The van der Waals surface area contributed by atoms with Crippen LogP contribution in [-0.4, -0.2) is 36.2 Å². The normalized spacial score (nSPS) is 16.5. The van der Waals surface area contributed by atoms with Crippen molar-refractivity contribution in [3.05, 3.63) is 120 Å². The highest BCUT2D eigenvalue weighted by Gasteiger charge is 2.32. The van der Waals surface area contributed by atoms with E-state index in [1.165, 1.54) is 0 Å². The van der Waals surface area contributed by atoms with Crippen LogP contribution in [0.2, 0.25) is 0 Å². The Balaban J connectivity index is 1.15. The summed E-state index contributed by atoms with van der Waals surface area (Å²) in [4.78, 5) is 14.4. The molecule has 2 aromatic heterocycles. The summed E-state index contributed by atoms with van der Waals surface area (Å²) in [5.41, 5.74) is 11.6. The highest BCUT2D eigenvalue weighted by atomic mass is 15.5. The van der Waals surface area contributed by atoms with Crippen LogP contribution in [0.15, 0.2) is 114 Å². The quantitative estimate of drug-likeness (QED) is 0.235. The second-order valence-electron chi connectivity index (χ2n) is 9.69. The van der Waals surface area contributed by atoms with Gasteiger partial charge in [-0.3, -0.25) is 10.2 Å². The molecule has 1 aliphatic heterocycles. The van der Waals surface area contributed by atoms with Crippen LogP contribution >= 0.6 is 0 Å². The maximum atomic E-state index is 5.03. The number of aliphatic imine (C=N–C) groups is 1. The molecule has 1 atom stereocenters. The van der Waals surface area contributed by atoms with Crippen molar-refractivity contribution in [2.45, 2.75) is 12.6 Å². The van der Waals surface area contributed by atoms with E-state index >= 15 is 0 Å². The third kappa shape index (κ3) is 4.44. The van der Waals surface area contributed by atoms with E-state index < -0.39 is 5.66 Å². The number of rotatable bonds is 6. The fourth-order valence-corrected chi connectivity index (χ4v) is 4.73. The smallest absolute Gasteiger partial charge is 0.181 e. The molecule has 0 saturated heterocycles. The van der Waals surface area contributed by atoms with Crippen LogP contribution in [-0.2, 0) is 5.66 Å². The standard InChI is InChI=1S/C31H25N9/c1-31(25-17-9-16-24(19-25)29-33-27(36-38-29)21-12-6-3-7-13-21)34-30(39-40-31)23-15-8-14-22(18-23)28-32-26(35-37-28)20-10-4-2-5-11-20/h2-19,40H,1H3,(H,34,39)(H,32,35,37)(H,33,36,38). The van der Waals surface area contributed by atoms with Gasteiger partial charge in [0.25, 0.3) is 0 Å². The number of aromatic amines is 2. The van der Waals surface area contributed by atoms with Crippen molar-refractivity contribution in [1.82, 2.24) is 41.2 Å². The molecule has 0 aliphatic carbocycles. The number of hydrazine groups is 1. The highest BCUT2D eigenvalue weighted by molar-refractivity contribution is 6.00. The summed E-state index contributed by atoms with van der Waals surface area (Å²) in [6.45, 7) is 2.03. The van der Waals surface area contributed by atoms with Gasteiger partial charge in [-0.15, -0.1) is 0 Å². The minimum atomic E-state index is -0.690.